The molecule has 0 aliphatic rings. The topological polar surface area (TPSA) is 77.1 Å². The Balaban J connectivity index is 1.86. The second kappa shape index (κ2) is 8.14. The minimum atomic E-state index is -0.414. The number of thiophene rings is 1. The number of allylic oxidation sites excluding steroid dienone is 1. The molecule has 0 spiro atoms. The Labute approximate surface area is 165 Å². The van der Waals surface area contributed by atoms with Gasteiger partial charge >= 0.3 is 0 Å². The summed E-state index contributed by atoms with van der Waals surface area (Å²) in [6.07, 6.45) is 3.23. The third-order valence-electron chi connectivity index (χ3n) is 4.23. The van der Waals surface area contributed by atoms with E-state index < -0.39 is 5.25 Å². The van der Waals surface area contributed by atoms with E-state index in [0.717, 1.165) is 10.4 Å². The Morgan fingerprint density at radius 2 is 2.30 bits per heavy atom. The number of nitrogens with one attached hydrogen (secondary N) is 1. The molecule has 0 radical (unpaired) electrons. The zero-order valence-corrected chi connectivity index (χ0v) is 17.1. The van der Waals surface area contributed by atoms with Crippen LogP contribution in [0.1, 0.15) is 23.1 Å². The van der Waals surface area contributed by atoms with Gasteiger partial charge in [-0.1, -0.05) is 17.8 Å². The van der Waals surface area contributed by atoms with E-state index in [4.69, 9.17) is 4.42 Å². The molecule has 0 bridgehead atoms. The number of hydrogen-bond acceptors (Lipinski definition) is 6. The minimum absolute atomic E-state index is 0.0903. The van der Waals surface area contributed by atoms with Gasteiger partial charge in [0.05, 0.1) is 23.4 Å². The number of furan rings is 1. The molecule has 0 fully saturated rings. The predicted molar refractivity (Wildman–Crippen MR) is 109 cm³/mol. The highest BCUT2D eigenvalue weighted by atomic mass is 32.2. The maximum atomic E-state index is 13.0. The Bertz CT molecular complexity index is 1030. The van der Waals surface area contributed by atoms with Crippen LogP contribution in [0.2, 0.25) is 0 Å². The zero-order chi connectivity index (χ0) is 19.6. The van der Waals surface area contributed by atoms with Crippen molar-refractivity contribution >= 4 is 39.2 Å². The SMILES string of the molecule is C=CCn1c(SC(C)C(=O)NCc2ccco2)nc2sc(C)c(C)c2c1=O. The summed E-state index contributed by atoms with van der Waals surface area (Å²) in [4.78, 5) is 31.8. The second-order valence-corrected chi connectivity index (χ2v) is 8.63. The van der Waals surface area contributed by atoms with Crippen LogP contribution in [0.3, 0.4) is 0 Å². The van der Waals surface area contributed by atoms with Gasteiger partial charge in [-0.2, -0.15) is 0 Å². The molecule has 0 saturated carbocycles. The first-order valence-corrected chi connectivity index (χ1v) is 10.2. The van der Waals surface area contributed by atoms with Gasteiger partial charge in [0.25, 0.3) is 5.56 Å². The maximum absolute atomic E-state index is 13.0. The number of carbonyl (C=O) groups is 1. The number of amides is 1. The van der Waals surface area contributed by atoms with Gasteiger partial charge in [0.2, 0.25) is 5.91 Å². The molecule has 1 amide bonds. The Morgan fingerprint density at radius 1 is 1.52 bits per heavy atom. The van der Waals surface area contributed by atoms with Crippen LogP contribution in [0.25, 0.3) is 10.2 Å². The Morgan fingerprint density at radius 3 is 2.96 bits per heavy atom. The molecule has 6 nitrogen and oxygen atoms in total. The van der Waals surface area contributed by atoms with Crippen molar-refractivity contribution < 1.29 is 9.21 Å². The lowest BCUT2D eigenvalue weighted by Gasteiger charge is -2.14. The fourth-order valence-electron chi connectivity index (χ4n) is 2.63. The van der Waals surface area contributed by atoms with E-state index in [0.29, 0.717) is 34.2 Å². The Hall–Kier alpha value is -2.32. The van der Waals surface area contributed by atoms with Crippen molar-refractivity contribution in [1.29, 1.82) is 0 Å². The molecule has 3 aromatic heterocycles. The average molecular weight is 404 g/mol. The van der Waals surface area contributed by atoms with Crippen LogP contribution in [0.4, 0.5) is 0 Å². The normalized spacial score (nSPS) is 12.3. The number of rotatable bonds is 7. The molecule has 0 aliphatic heterocycles. The van der Waals surface area contributed by atoms with E-state index in [9.17, 15) is 9.59 Å². The van der Waals surface area contributed by atoms with Gasteiger partial charge in [-0.3, -0.25) is 14.2 Å². The maximum Gasteiger partial charge on any atom is 0.263 e. The largest absolute Gasteiger partial charge is 0.467 e. The molecule has 3 aromatic rings. The highest BCUT2D eigenvalue weighted by Gasteiger charge is 2.21. The predicted octanol–water partition coefficient (Wildman–Crippen LogP) is 3.65. The fraction of sp³-hybridized carbons (Fsp3) is 0.316. The third kappa shape index (κ3) is 4.01. The molecule has 27 heavy (non-hydrogen) atoms. The molecule has 0 saturated heterocycles. The summed E-state index contributed by atoms with van der Waals surface area (Å²) >= 11 is 2.77. The summed E-state index contributed by atoms with van der Waals surface area (Å²) in [5.41, 5.74) is 0.874. The van der Waals surface area contributed by atoms with E-state index in [1.165, 1.54) is 23.1 Å². The van der Waals surface area contributed by atoms with Crippen molar-refractivity contribution in [3.8, 4) is 0 Å². The number of carbonyl (C=O) groups excluding carboxylic acids is 1. The van der Waals surface area contributed by atoms with Gasteiger partial charge in [-0.05, 0) is 38.5 Å². The summed E-state index contributed by atoms with van der Waals surface area (Å²) < 4.78 is 6.80. The smallest absolute Gasteiger partial charge is 0.263 e. The lowest BCUT2D eigenvalue weighted by molar-refractivity contribution is -0.120. The van der Waals surface area contributed by atoms with Gasteiger partial charge in [-0.15, -0.1) is 17.9 Å². The van der Waals surface area contributed by atoms with E-state index in [-0.39, 0.29) is 11.5 Å². The molecule has 8 heteroatoms. The first-order valence-electron chi connectivity index (χ1n) is 8.50. The zero-order valence-electron chi connectivity index (χ0n) is 15.4. The molecular weight excluding hydrogens is 382 g/mol. The second-order valence-electron chi connectivity index (χ2n) is 6.12. The molecule has 1 unspecified atom stereocenters. The van der Waals surface area contributed by atoms with Gasteiger partial charge in [0.15, 0.2) is 5.16 Å². The molecule has 3 heterocycles. The van der Waals surface area contributed by atoms with Crippen molar-refractivity contribution in [2.75, 3.05) is 0 Å². The number of aryl methyl sites for hydroxylation is 2. The minimum Gasteiger partial charge on any atom is -0.467 e. The van der Waals surface area contributed by atoms with E-state index in [2.05, 4.69) is 16.9 Å². The van der Waals surface area contributed by atoms with Crippen molar-refractivity contribution in [1.82, 2.24) is 14.9 Å². The van der Waals surface area contributed by atoms with Crippen LogP contribution < -0.4 is 10.9 Å². The molecule has 0 aromatic carbocycles. The quantitative estimate of drug-likeness (QED) is 0.370. The number of hydrogen-bond donors (Lipinski definition) is 1. The van der Waals surface area contributed by atoms with E-state index in [1.807, 2.05) is 13.8 Å². The first-order chi connectivity index (χ1) is 12.9. The highest BCUT2D eigenvalue weighted by Crippen LogP contribution is 2.29. The van der Waals surface area contributed by atoms with Gasteiger partial charge in [0, 0.05) is 11.4 Å². The van der Waals surface area contributed by atoms with Crippen molar-refractivity contribution in [3.63, 3.8) is 0 Å². The number of nitrogens with zero attached hydrogens (tertiary/aromatic N) is 2. The van der Waals surface area contributed by atoms with Crippen molar-refractivity contribution in [2.24, 2.45) is 0 Å². The van der Waals surface area contributed by atoms with E-state index in [1.54, 1.807) is 36.0 Å². The fourth-order valence-corrected chi connectivity index (χ4v) is 4.64. The van der Waals surface area contributed by atoms with E-state index >= 15 is 0 Å². The summed E-state index contributed by atoms with van der Waals surface area (Å²) in [5, 5.41) is 3.59. The lowest BCUT2D eigenvalue weighted by atomic mass is 10.2. The van der Waals surface area contributed by atoms with Crippen LogP contribution in [0.15, 0.2) is 45.4 Å². The monoisotopic (exact) mass is 403 g/mol. The lowest BCUT2D eigenvalue weighted by Crippen LogP contribution is -2.31. The molecule has 1 atom stereocenters. The van der Waals surface area contributed by atoms with Crippen molar-refractivity contribution in [2.45, 2.75) is 44.3 Å². The molecule has 3 rings (SSSR count). The average Bonchev–Trinajstić information content (AvgIpc) is 3.24. The van der Waals surface area contributed by atoms with Crippen LogP contribution in [-0.2, 0) is 17.9 Å². The first kappa shape index (κ1) is 19.4. The molecular formula is C19H21N3O3S2. The highest BCUT2D eigenvalue weighted by molar-refractivity contribution is 8.00. The van der Waals surface area contributed by atoms with Crippen molar-refractivity contribution in [3.05, 3.63) is 57.6 Å². The van der Waals surface area contributed by atoms with Gasteiger partial charge < -0.3 is 9.73 Å². The molecule has 0 aliphatic carbocycles. The molecule has 1 N–H and O–H groups in total. The van der Waals surface area contributed by atoms with Crippen LogP contribution in [0, 0.1) is 13.8 Å². The molecule has 142 valence electrons. The number of thioether (sulfide) groups is 1. The summed E-state index contributed by atoms with van der Waals surface area (Å²) in [6.45, 7) is 10.1. The Kier molecular flexibility index (Phi) is 5.86. The summed E-state index contributed by atoms with van der Waals surface area (Å²) in [6, 6.07) is 3.58. The van der Waals surface area contributed by atoms with Gasteiger partial charge in [-0.25, -0.2) is 4.98 Å². The standard InChI is InChI=1S/C19H21N3O3S2/c1-5-8-22-18(24)15-11(2)12(3)26-17(15)21-19(22)27-13(4)16(23)20-10-14-7-6-9-25-14/h5-7,9,13H,1,8,10H2,2-4H3,(H,20,23). The number of fused-ring (bicyclic) bond motifs is 1. The number of aromatic nitrogens is 2. The summed E-state index contributed by atoms with van der Waals surface area (Å²) in [7, 11) is 0. The van der Waals surface area contributed by atoms with Crippen LogP contribution in [-0.4, -0.2) is 20.7 Å². The van der Waals surface area contributed by atoms with Crippen LogP contribution in [0.5, 0.6) is 0 Å². The summed E-state index contributed by atoms with van der Waals surface area (Å²) in [5.74, 6) is 0.544. The van der Waals surface area contributed by atoms with Gasteiger partial charge in [0.1, 0.15) is 10.6 Å². The third-order valence-corrected chi connectivity index (χ3v) is 6.43. The van der Waals surface area contributed by atoms with Crippen LogP contribution >= 0.6 is 23.1 Å².